The first-order valence-corrected chi connectivity index (χ1v) is 6.10. The molecule has 3 rings (SSSR count). The fourth-order valence-corrected chi connectivity index (χ4v) is 2.50. The lowest BCUT2D eigenvalue weighted by Crippen LogP contribution is -2.36. The summed E-state index contributed by atoms with van der Waals surface area (Å²) in [6.45, 7) is 3.32. The molecule has 0 N–H and O–H groups in total. The summed E-state index contributed by atoms with van der Waals surface area (Å²) in [5.41, 5.74) is 2.02. The van der Waals surface area contributed by atoms with E-state index in [1.807, 2.05) is 24.3 Å². The highest BCUT2D eigenvalue weighted by Crippen LogP contribution is 2.32. The lowest BCUT2D eigenvalue weighted by Gasteiger charge is -2.29. The van der Waals surface area contributed by atoms with E-state index in [1.54, 1.807) is 6.20 Å². The highest BCUT2D eigenvalue weighted by atomic mass is 35.5. The average Bonchev–Trinajstić information content (AvgIpc) is 2.40. The van der Waals surface area contributed by atoms with Gasteiger partial charge in [-0.25, -0.2) is 0 Å². The highest BCUT2D eigenvalue weighted by molar-refractivity contribution is 6.38. The van der Waals surface area contributed by atoms with Gasteiger partial charge in [-0.1, -0.05) is 11.6 Å². The third kappa shape index (κ3) is 1.96. The molecule has 0 bridgehead atoms. The molecule has 0 radical (unpaired) electrons. The second-order valence-electron chi connectivity index (χ2n) is 4.07. The minimum Gasteiger partial charge on any atom is -0.378 e. The summed E-state index contributed by atoms with van der Waals surface area (Å²) >= 11 is 6.45. The van der Waals surface area contributed by atoms with Gasteiger partial charge < -0.3 is 9.64 Å². The van der Waals surface area contributed by atoms with Crippen molar-refractivity contribution in [3.05, 3.63) is 35.5 Å². The van der Waals surface area contributed by atoms with Crippen LogP contribution in [0.5, 0.6) is 0 Å². The molecule has 17 heavy (non-hydrogen) atoms. The average molecular weight is 249 g/mol. The lowest BCUT2D eigenvalue weighted by molar-refractivity contribution is 0.122. The van der Waals surface area contributed by atoms with Crippen LogP contribution in [0.3, 0.4) is 0 Å². The van der Waals surface area contributed by atoms with Crippen molar-refractivity contribution in [2.75, 3.05) is 31.2 Å². The quantitative estimate of drug-likeness (QED) is 0.776. The van der Waals surface area contributed by atoms with Gasteiger partial charge in [-0.05, 0) is 24.3 Å². The molecule has 2 aromatic rings. The van der Waals surface area contributed by atoms with Gasteiger partial charge in [0.25, 0.3) is 0 Å². The Bertz CT molecular complexity index is 538. The van der Waals surface area contributed by atoms with Crippen LogP contribution in [-0.4, -0.2) is 31.3 Å². The summed E-state index contributed by atoms with van der Waals surface area (Å²) in [5.74, 6) is 0. The van der Waals surface area contributed by atoms with Crippen LogP contribution < -0.4 is 4.90 Å². The zero-order valence-electron chi connectivity index (χ0n) is 9.40. The number of hydrogen-bond donors (Lipinski definition) is 0. The molecule has 4 heteroatoms. The maximum Gasteiger partial charge on any atom is 0.0733 e. The van der Waals surface area contributed by atoms with Crippen molar-refractivity contribution in [2.45, 2.75) is 0 Å². The third-order valence-corrected chi connectivity index (χ3v) is 3.45. The van der Waals surface area contributed by atoms with Gasteiger partial charge in [-0.2, -0.15) is 0 Å². The molecule has 1 saturated heterocycles. The van der Waals surface area contributed by atoms with Gasteiger partial charge in [0, 0.05) is 24.7 Å². The molecule has 1 aromatic heterocycles. The van der Waals surface area contributed by atoms with Crippen LogP contribution in [0.4, 0.5) is 5.69 Å². The van der Waals surface area contributed by atoms with Crippen molar-refractivity contribution >= 4 is 28.2 Å². The Kier molecular flexibility index (Phi) is 2.87. The molecule has 1 aliphatic heterocycles. The Morgan fingerprint density at radius 1 is 1.18 bits per heavy atom. The minimum atomic E-state index is 0.765. The van der Waals surface area contributed by atoms with Crippen molar-refractivity contribution in [1.82, 2.24) is 4.98 Å². The predicted octanol–water partition coefficient (Wildman–Crippen LogP) is 2.72. The molecule has 88 valence electrons. The molecule has 3 nitrogen and oxygen atoms in total. The van der Waals surface area contributed by atoms with Crippen molar-refractivity contribution in [1.29, 1.82) is 0 Å². The molecule has 1 aromatic carbocycles. The molecule has 0 unspecified atom stereocenters. The molecule has 0 amide bonds. The fourth-order valence-electron chi connectivity index (χ4n) is 2.15. The zero-order chi connectivity index (χ0) is 11.7. The van der Waals surface area contributed by atoms with Crippen LogP contribution in [0, 0.1) is 0 Å². The fraction of sp³-hybridized carbons (Fsp3) is 0.308. The van der Waals surface area contributed by atoms with E-state index in [0.717, 1.165) is 47.9 Å². The van der Waals surface area contributed by atoms with E-state index in [1.165, 1.54) is 0 Å². The van der Waals surface area contributed by atoms with E-state index in [2.05, 4.69) is 9.88 Å². The number of rotatable bonds is 1. The monoisotopic (exact) mass is 248 g/mol. The van der Waals surface area contributed by atoms with Crippen molar-refractivity contribution in [3.8, 4) is 0 Å². The van der Waals surface area contributed by atoms with Crippen LogP contribution in [0.2, 0.25) is 5.02 Å². The van der Waals surface area contributed by atoms with E-state index in [9.17, 15) is 0 Å². The van der Waals surface area contributed by atoms with Crippen molar-refractivity contribution < 1.29 is 4.74 Å². The molecule has 1 fully saturated rings. The highest BCUT2D eigenvalue weighted by Gasteiger charge is 2.15. The van der Waals surface area contributed by atoms with Crippen molar-refractivity contribution in [2.24, 2.45) is 0 Å². The maximum absolute atomic E-state index is 6.45. The van der Waals surface area contributed by atoms with Gasteiger partial charge in [0.2, 0.25) is 0 Å². The van der Waals surface area contributed by atoms with Gasteiger partial charge in [-0.3, -0.25) is 4.98 Å². The molecular weight excluding hydrogens is 236 g/mol. The molecular formula is C13H13ClN2O. The van der Waals surface area contributed by atoms with Gasteiger partial charge in [0.15, 0.2) is 0 Å². The summed E-state index contributed by atoms with van der Waals surface area (Å²) < 4.78 is 5.35. The van der Waals surface area contributed by atoms with Gasteiger partial charge in [0.1, 0.15) is 0 Å². The molecule has 1 aliphatic rings. The van der Waals surface area contributed by atoms with Crippen LogP contribution >= 0.6 is 11.6 Å². The number of morpholine rings is 1. The number of anilines is 1. The van der Waals surface area contributed by atoms with Crippen LogP contribution in [0.1, 0.15) is 0 Å². The van der Waals surface area contributed by atoms with E-state index < -0.39 is 0 Å². The van der Waals surface area contributed by atoms with Gasteiger partial charge in [0.05, 0.1) is 29.4 Å². The second kappa shape index (κ2) is 4.51. The van der Waals surface area contributed by atoms with Crippen LogP contribution in [-0.2, 0) is 4.74 Å². The number of hydrogen-bond acceptors (Lipinski definition) is 3. The smallest absolute Gasteiger partial charge is 0.0733 e. The first kappa shape index (κ1) is 10.8. The lowest BCUT2D eigenvalue weighted by atomic mass is 10.2. The predicted molar refractivity (Wildman–Crippen MR) is 69.8 cm³/mol. The Morgan fingerprint density at radius 3 is 2.82 bits per heavy atom. The second-order valence-corrected chi connectivity index (χ2v) is 4.45. The topological polar surface area (TPSA) is 25.4 Å². The Labute approximate surface area is 105 Å². The van der Waals surface area contributed by atoms with E-state index >= 15 is 0 Å². The summed E-state index contributed by atoms with van der Waals surface area (Å²) in [6, 6.07) is 7.99. The number of nitrogens with zero attached hydrogens (tertiary/aromatic N) is 2. The number of pyridine rings is 1. The number of aromatic nitrogens is 1. The molecule has 2 heterocycles. The Morgan fingerprint density at radius 2 is 2.00 bits per heavy atom. The molecule has 0 spiro atoms. The first-order valence-electron chi connectivity index (χ1n) is 5.72. The van der Waals surface area contributed by atoms with E-state index in [4.69, 9.17) is 16.3 Å². The zero-order valence-corrected chi connectivity index (χ0v) is 10.2. The van der Waals surface area contributed by atoms with Crippen molar-refractivity contribution in [3.63, 3.8) is 0 Å². The maximum atomic E-state index is 6.45. The number of halogens is 1. The molecule has 0 saturated carbocycles. The summed E-state index contributed by atoms with van der Waals surface area (Å²) in [7, 11) is 0. The third-order valence-electron chi connectivity index (χ3n) is 3.05. The number of benzene rings is 1. The Balaban J connectivity index is 2.07. The van der Waals surface area contributed by atoms with Crippen LogP contribution in [0.25, 0.3) is 10.9 Å². The summed E-state index contributed by atoms with van der Waals surface area (Å²) in [6.07, 6.45) is 1.78. The molecule has 0 atom stereocenters. The number of ether oxygens (including phenoxy) is 1. The SMILES string of the molecule is Clc1c(N2CCOCC2)ccc2ncccc12. The van der Waals surface area contributed by atoms with Gasteiger partial charge in [-0.15, -0.1) is 0 Å². The Hall–Kier alpha value is -1.32. The minimum absolute atomic E-state index is 0.765. The molecule has 0 aliphatic carbocycles. The van der Waals surface area contributed by atoms with E-state index in [0.29, 0.717) is 0 Å². The van der Waals surface area contributed by atoms with E-state index in [-0.39, 0.29) is 0 Å². The first-order chi connectivity index (χ1) is 8.36. The summed E-state index contributed by atoms with van der Waals surface area (Å²) in [5, 5.41) is 1.80. The largest absolute Gasteiger partial charge is 0.378 e. The van der Waals surface area contributed by atoms with Gasteiger partial charge >= 0.3 is 0 Å². The number of fused-ring (bicyclic) bond motifs is 1. The standard InChI is InChI=1S/C13H13ClN2O/c14-13-10-2-1-5-15-11(10)3-4-12(13)16-6-8-17-9-7-16/h1-5H,6-9H2. The normalized spacial score (nSPS) is 16.4. The van der Waals surface area contributed by atoms with Crippen LogP contribution in [0.15, 0.2) is 30.5 Å². The summed E-state index contributed by atoms with van der Waals surface area (Å²) in [4.78, 5) is 6.56.